The average Bonchev–Trinajstić information content (AvgIpc) is 2.81. The first-order chi connectivity index (χ1) is 6.27. The lowest BCUT2D eigenvalue weighted by Crippen LogP contribution is -2.16. The van der Waals surface area contributed by atoms with Crippen LogP contribution in [-0.2, 0) is 4.79 Å². The van der Waals surface area contributed by atoms with Gasteiger partial charge in [0.05, 0.1) is 5.60 Å². The Bertz CT molecular complexity index is 244. The molecule has 0 radical (unpaired) electrons. The van der Waals surface area contributed by atoms with E-state index in [1.54, 1.807) is 0 Å². The Morgan fingerprint density at radius 2 is 2.46 bits per heavy atom. The van der Waals surface area contributed by atoms with E-state index >= 15 is 0 Å². The van der Waals surface area contributed by atoms with E-state index in [-0.39, 0.29) is 5.92 Å². The number of allylic oxidation sites excluding steroid dienone is 1. The van der Waals surface area contributed by atoms with E-state index in [4.69, 9.17) is 0 Å². The molecule has 2 rings (SSSR count). The first kappa shape index (κ1) is 8.95. The second kappa shape index (κ2) is 3.26. The largest absolute Gasteiger partial charge is 0.385 e. The van der Waals surface area contributed by atoms with E-state index in [1.165, 1.54) is 18.4 Å². The van der Waals surface area contributed by atoms with Gasteiger partial charge in [0.1, 0.15) is 6.29 Å². The molecule has 1 fully saturated rings. The second-order valence-electron chi connectivity index (χ2n) is 4.20. The zero-order valence-electron chi connectivity index (χ0n) is 7.83. The summed E-state index contributed by atoms with van der Waals surface area (Å²) in [6.07, 6.45) is 9.00. The fourth-order valence-electron chi connectivity index (χ4n) is 2.34. The third-order valence-electron chi connectivity index (χ3n) is 3.30. The number of carbonyl (C=O) groups excluding carboxylic acids is 1. The van der Waals surface area contributed by atoms with Crippen molar-refractivity contribution in [2.24, 2.45) is 5.92 Å². The number of hydrogen-bond acceptors (Lipinski definition) is 2. The Kier molecular flexibility index (Phi) is 2.24. The van der Waals surface area contributed by atoms with E-state index in [1.807, 2.05) is 0 Å². The second-order valence-corrected chi connectivity index (χ2v) is 4.20. The minimum Gasteiger partial charge on any atom is -0.385 e. The summed E-state index contributed by atoms with van der Waals surface area (Å²) in [6, 6.07) is 0. The average molecular weight is 180 g/mol. The third-order valence-corrected chi connectivity index (χ3v) is 3.30. The molecule has 1 N–H and O–H groups in total. The molecule has 0 aliphatic heterocycles. The molecule has 2 aliphatic carbocycles. The molecule has 0 bridgehead atoms. The van der Waals surface area contributed by atoms with Crippen LogP contribution in [0.4, 0.5) is 0 Å². The van der Waals surface area contributed by atoms with Crippen molar-refractivity contribution >= 4 is 6.29 Å². The minimum absolute atomic E-state index is 0.217. The van der Waals surface area contributed by atoms with Crippen molar-refractivity contribution in [1.29, 1.82) is 0 Å². The number of aldehydes is 1. The van der Waals surface area contributed by atoms with Gasteiger partial charge in [-0.2, -0.15) is 0 Å². The maximum Gasteiger partial charge on any atom is 0.120 e. The molecule has 0 aromatic rings. The van der Waals surface area contributed by atoms with E-state index in [2.05, 4.69) is 6.08 Å². The van der Waals surface area contributed by atoms with Crippen LogP contribution in [0.15, 0.2) is 11.6 Å². The lowest BCUT2D eigenvalue weighted by molar-refractivity contribution is -0.108. The fourth-order valence-corrected chi connectivity index (χ4v) is 2.34. The lowest BCUT2D eigenvalue weighted by atomic mass is 9.92. The van der Waals surface area contributed by atoms with Gasteiger partial charge in [-0.25, -0.2) is 0 Å². The summed E-state index contributed by atoms with van der Waals surface area (Å²) in [5, 5.41) is 10.1. The van der Waals surface area contributed by atoms with Gasteiger partial charge in [-0.05, 0) is 37.7 Å². The van der Waals surface area contributed by atoms with Crippen LogP contribution in [-0.4, -0.2) is 17.0 Å². The standard InChI is InChI=1S/C11H16O2/c12-7-6-10-8-11(10,13)9-4-2-1-3-5-9/h4,7,10,13H,1-3,5-6,8H2/t10-,11+/m1/s1. The van der Waals surface area contributed by atoms with Gasteiger partial charge in [0.2, 0.25) is 0 Å². The highest BCUT2D eigenvalue weighted by molar-refractivity contribution is 5.52. The molecule has 0 amide bonds. The molecule has 0 heterocycles. The molecule has 0 aromatic heterocycles. The van der Waals surface area contributed by atoms with Crippen LogP contribution in [0.5, 0.6) is 0 Å². The van der Waals surface area contributed by atoms with Crippen molar-refractivity contribution < 1.29 is 9.90 Å². The predicted octanol–water partition coefficient (Wildman–Crippen LogP) is 1.83. The van der Waals surface area contributed by atoms with Crippen LogP contribution in [0.2, 0.25) is 0 Å². The molecular weight excluding hydrogens is 164 g/mol. The zero-order valence-corrected chi connectivity index (χ0v) is 7.83. The van der Waals surface area contributed by atoms with E-state index in [0.29, 0.717) is 6.42 Å². The molecule has 0 aromatic carbocycles. The summed E-state index contributed by atoms with van der Waals surface area (Å²) in [6.45, 7) is 0. The molecule has 0 unspecified atom stereocenters. The summed E-state index contributed by atoms with van der Waals surface area (Å²) < 4.78 is 0. The number of rotatable bonds is 3. The summed E-state index contributed by atoms with van der Waals surface area (Å²) in [5.74, 6) is 0.217. The van der Waals surface area contributed by atoms with E-state index in [9.17, 15) is 9.90 Å². The predicted molar refractivity (Wildman–Crippen MR) is 50.3 cm³/mol. The van der Waals surface area contributed by atoms with E-state index in [0.717, 1.165) is 25.5 Å². The SMILES string of the molecule is O=CC[C@@H]1C[C@]1(O)C1=CCCCC1. The van der Waals surface area contributed by atoms with Crippen LogP contribution in [0.1, 0.15) is 38.5 Å². The van der Waals surface area contributed by atoms with Crippen molar-refractivity contribution in [1.82, 2.24) is 0 Å². The summed E-state index contributed by atoms with van der Waals surface area (Å²) in [5.41, 5.74) is 0.618. The van der Waals surface area contributed by atoms with Crippen molar-refractivity contribution in [3.05, 3.63) is 11.6 Å². The van der Waals surface area contributed by atoms with Crippen molar-refractivity contribution in [3.63, 3.8) is 0 Å². The first-order valence-corrected chi connectivity index (χ1v) is 5.13. The molecule has 1 saturated carbocycles. The summed E-state index contributed by atoms with van der Waals surface area (Å²) in [7, 11) is 0. The van der Waals surface area contributed by atoms with Crippen LogP contribution in [0, 0.1) is 5.92 Å². The molecule has 2 nitrogen and oxygen atoms in total. The quantitative estimate of drug-likeness (QED) is 0.531. The van der Waals surface area contributed by atoms with Gasteiger partial charge >= 0.3 is 0 Å². The molecule has 2 heteroatoms. The Labute approximate surface area is 78.6 Å². The maximum absolute atomic E-state index is 10.3. The molecule has 2 aliphatic rings. The van der Waals surface area contributed by atoms with Gasteiger partial charge in [-0.15, -0.1) is 0 Å². The van der Waals surface area contributed by atoms with Crippen molar-refractivity contribution in [2.75, 3.05) is 0 Å². The highest BCUT2D eigenvalue weighted by Crippen LogP contribution is 2.52. The van der Waals surface area contributed by atoms with Gasteiger partial charge in [-0.3, -0.25) is 0 Å². The van der Waals surface area contributed by atoms with Crippen LogP contribution >= 0.6 is 0 Å². The summed E-state index contributed by atoms with van der Waals surface area (Å²) in [4.78, 5) is 10.3. The highest BCUT2D eigenvalue weighted by atomic mass is 16.3. The van der Waals surface area contributed by atoms with Crippen molar-refractivity contribution in [3.8, 4) is 0 Å². The highest BCUT2D eigenvalue weighted by Gasteiger charge is 2.54. The molecular formula is C11H16O2. The fraction of sp³-hybridized carbons (Fsp3) is 0.727. The zero-order chi connectivity index (χ0) is 9.31. The van der Waals surface area contributed by atoms with Crippen LogP contribution in [0.3, 0.4) is 0 Å². The number of carbonyl (C=O) groups is 1. The van der Waals surface area contributed by atoms with Crippen LogP contribution in [0.25, 0.3) is 0 Å². The molecule has 13 heavy (non-hydrogen) atoms. The molecule has 0 spiro atoms. The molecule has 2 atom stereocenters. The van der Waals surface area contributed by atoms with Crippen LogP contribution < -0.4 is 0 Å². The van der Waals surface area contributed by atoms with Gasteiger partial charge in [-0.1, -0.05) is 6.08 Å². The Morgan fingerprint density at radius 3 is 3.08 bits per heavy atom. The van der Waals surface area contributed by atoms with Crippen molar-refractivity contribution in [2.45, 2.75) is 44.1 Å². The third kappa shape index (κ3) is 1.55. The smallest absolute Gasteiger partial charge is 0.120 e. The molecule has 72 valence electrons. The van der Waals surface area contributed by atoms with E-state index < -0.39 is 5.60 Å². The summed E-state index contributed by atoms with van der Waals surface area (Å²) >= 11 is 0. The van der Waals surface area contributed by atoms with Gasteiger partial charge in [0.25, 0.3) is 0 Å². The Balaban J connectivity index is 2.01. The Morgan fingerprint density at radius 1 is 1.62 bits per heavy atom. The molecule has 0 saturated heterocycles. The normalized spacial score (nSPS) is 38.2. The topological polar surface area (TPSA) is 37.3 Å². The lowest BCUT2D eigenvalue weighted by Gasteiger charge is -2.18. The number of hydrogen-bond donors (Lipinski definition) is 1. The Hall–Kier alpha value is -0.630. The van der Waals surface area contributed by atoms with Gasteiger partial charge in [0.15, 0.2) is 0 Å². The van der Waals surface area contributed by atoms with Gasteiger partial charge in [0, 0.05) is 12.3 Å². The monoisotopic (exact) mass is 180 g/mol. The minimum atomic E-state index is -0.582. The maximum atomic E-state index is 10.3. The first-order valence-electron chi connectivity index (χ1n) is 5.13. The van der Waals surface area contributed by atoms with Gasteiger partial charge < -0.3 is 9.90 Å². The number of aliphatic hydroxyl groups is 1.